The summed E-state index contributed by atoms with van der Waals surface area (Å²) in [7, 11) is 1.41. The molecule has 66 valence electrons. The first-order chi connectivity index (χ1) is 5.66. The summed E-state index contributed by atoms with van der Waals surface area (Å²) in [4.78, 5) is 22.2. The molecule has 0 radical (unpaired) electrons. The Balaban J connectivity index is 2.93. The van der Waals surface area contributed by atoms with Crippen molar-refractivity contribution in [1.29, 1.82) is 0 Å². The Hall–Kier alpha value is -1.01. The monoisotopic (exact) mass is 188 g/mol. The van der Waals surface area contributed by atoms with E-state index in [2.05, 4.69) is 4.37 Å². The molecule has 1 aromatic heterocycles. The largest absolute Gasteiger partial charge is 0.372 e. The number of rotatable bonds is 2. The van der Waals surface area contributed by atoms with E-state index in [1.54, 1.807) is 6.92 Å². The quantitative estimate of drug-likeness (QED) is 0.654. The van der Waals surface area contributed by atoms with Crippen molar-refractivity contribution in [2.75, 3.05) is 7.11 Å². The van der Waals surface area contributed by atoms with Crippen molar-refractivity contribution in [2.24, 2.45) is 0 Å². The summed E-state index contributed by atoms with van der Waals surface area (Å²) < 4.78 is 9.30. The molecule has 1 atom stereocenters. The van der Waals surface area contributed by atoms with Crippen molar-refractivity contribution in [2.45, 2.75) is 13.0 Å². The van der Waals surface area contributed by atoms with Crippen LogP contribution in [-0.2, 0) is 4.74 Å². The van der Waals surface area contributed by atoms with Gasteiger partial charge in [-0.05, 0) is 6.92 Å². The van der Waals surface area contributed by atoms with Gasteiger partial charge < -0.3 is 4.74 Å². The van der Waals surface area contributed by atoms with E-state index in [9.17, 15) is 9.59 Å². The topological polar surface area (TPSA) is 61.2 Å². The van der Waals surface area contributed by atoms with Crippen LogP contribution in [0, 0.1) is 0 Å². The Morgan fingerprint density at radius 2 is 2.50 bits per heavy atom. The molecule has 12 heavy (non-hydrogen) atoms. The van der Waals surface area contributed by atoms with Gasteiger partial charge >= 0.3 is 0 Å². The van der Waals surface area contributed by atoms with E-state index in [1.165, 1.54) is 7.11 Å². The van der Waals surface area contributed by atoms with Crippen molar-refractivity contribution in [3.63, 3.8) is 0 Å². The van der Waals surface area contributed by atoms with Crippen LogP contribution in [0.4, 0.5) is 0 Å². The van der Waals surface area contributed by atoms with Crippen LogP contribution in [0.5, 0.6) is 0 Å². The lowest BCUT2D eigenvalue weighted by atomic mass is 10.4. The predicted molar refractivity (Wildman–Crippen MR) is 43.5 cm³/mol. The van der Waals surface area contributed by atoms with Gasteiger partial charge in [-0.25, -0.2) is 0 Å². The van der Waals surface area contributed by atoms with Crippen LogP contribution in [0.25, 0.3) is 0 Å². The standard InChI is InChI=1S/C6H8N2O3S/c1-4(11-2)6(10)8-5(9)3-7-12-8/h3-4H,1-2H3. The first kappa shape index (κ1) is 9.08. The maximum absolute atomic E-state index is 11.3. The molecular formula is C6H8N2O3S. The summed E-state index contributed by atoms with van der Waals surface area (Å²) >= 11 is 0.826. The Kier molecular flexibility index (Phi) is 2.72. The first-order valence-corrected chi connectivity index (χ1v) is 4.01. The van der Waals surface area contributed by atoms with Crippen LogP contribution < -0.4 is 5.56 Å². The highest BCUT2D eigenvalue weighted by atomic mass is 32.1. The Bertz CT molecular complexity index is 330. The maximum Gasteiger partial charge on any atom is 0.287 e. The van der Waals surface area contributed by atoms with Crippen molar-refractivity contribution < 1.29 is 9.53 Å². The zero-order valence-electron chi connectivity index (χ0n) is 6.68. The first-order valence-electron chi connectivity index (χ1n) is 3.28. The van der Waals surface area contributed by atoms with Gasteiger partial charge in [0, 0.05) is 7.11 Å². The molecule has 1 aromatic rings. The summed E-state index contributed by atoms with van der Waals surface area (Å²) in [5.41, 5.74) is -0.408. The van der Waals surface area contributed by atoms with Gasteiger partial charge in [0.1, 0.15) is 12.3 Å². The number of hydrogen-bond donors (Lipinski definition) is 0. The van der Waals surface area contributed by atoms with E-state index >= 15 is 0 Å². The van der Waals surface area contributed by atoms with Gasteiger partial charge in [-0.3, -0.25) is 9.59 Å². The molecule has 0 fully saturated rings. The number of hydrogen-bond acceptors (Lipinski definition) is 5. The molecule has 0 saturated heterocycles. The molecule has 5 nitrogen and oxygen atoms in total. The molecule has 0 aliphatic carbocycles. The van der Waals surface area contributed by atoms with Gasteiger partial charge in [-0.1, -0.05) is 0 Å². The maximum atomic E-state index is 11.3. The van der Waals surface area contributed by atoms with Crippen molar-refractivity contribution in [3.05, 3.63) is 16.6 Å². The highest BCUT2D eigenvalue weighted by Gasteiger charge is 2.16. The number of methoxy groups -OCH3 is 1. The van der Waals surface area contributed by atoms with Crippen molar-refractivity contribution in [1.82, 2.24) is 8.33 Å². The number of aromatic nitrogens is 2. The van der Waals surface area contributed by atoms with Gasteiger partial charge in [-0.2, -0.15) is 8.33 Å². The number of carbonyl (C=O) groups is 1. The average molecular weight is 188 g/mol. The molecule has 6 heteroatoms. The predicted octanol–water partition coefficient (Wildman–Crippen LogP) is -0.0201. The van der Waals surface area contributed by atoms with E-state index < -0.39 is 11.7 Å². The third-order valence-corrected chi connectivity index (χ3v) is 2.12. The smallest absolute Gasteiger partial charge is 0.287 e. The van der Waals surface area contributed by atoms with Gasteiger partial charge in [0.15, 0.2) is 0 Å². The van der Waals surface area contributed by atoms with E-state index in [0.717, 1.165) is 21.9 Å². The van der Waals surface area contributed by atoms with Crippen molar-refractivity contribution in [3.8, 4) is 0 Å². The normalized spacial score (nSPS) is 12.8. The van der Waals surface area contributed by atoms with Gasteiger partial charge in [0.2, 0.25) is 0 Å². The summed E-state index contributed by atoms with van der Waals surface area (Å²) in [5.74, 6) is -0.384. The summed E-state index contributed by atoms with van der Waals surface area (Å²) in [6.07, 6.45) is 0.494. The van der Waals surface area contributed by atoms with E-state index in [0.29, 0.717) is 0 Å². The van der Waals surface area contributed by atoms with Crippen LogP contribution >= 0.6 is 11.7 Å². The molecule has 0 N–H and O–H groups in total. The SMILES string of the molecule is COC(C)C(=O)n1sncc1=O. The highest BCUT2D eigenvalue weighted by Crippen LogP contribution is 1.95. The molecule has 1 unspecified atom stereocenters. The van der Waals surface area contributed by atoms with Gasteiger partial charge in [0.25, 0.3) is 11.5 Å². The Labute approximate surface area is 72.9 Å². The lowest BCUT2D eigenvalue weighted by Gasteiger charge is -2.05. The zero-order chi connectivity index (χ0) is 9.14. The van der Waals surface area contributed by atoms with E-state index in [-0.39, 0.29) is 5.91 Å². The second-order valence-corrected chi connectivity index (χ2v) is 2.90. The molecule has 0 aromatic carbocycles. The molecule has 0 bridgehead atoms. The molecular weight excluding hydrogens is 180 g/mol. The summed E-state index contributed by atoms with van der Waals surface area (Å²) in [5, 5.41) is 0. The van der Waals surface area contributed by atoms with Crippen LogP contribution in [0.15, 0.2) is 11.0 Å². The van der Waals surface area contributed by atoms with Crippen molar-refractivity contribution >= 4 is 17.6 Å². The second kappa shape index (κ2) is 3.59. The van der Waals surface area contributed by atoms with E-state index in [4.69, 9.17) is 4.74 Å². The fourth-order valence-electron chi connectivity index (χ4n) is 0.623. The minimum absolute atomic E-state index is 0.384. The lowest BCUT2D eigenvalue weighted by Crippen LogP contribution is -2.30. The average Bonchev–Trinajstić information content (AvgIpc) is 2.48. The minimum atomic E-state index is -0.608. The van der Waals surface area contributed by atoms with E-state index in [1.807, 2.05) is 0 Å². The second-order valence-electron chi connectivity index (χ2n) is 2.16. The van der Waals surface area contributed by atoms with Crippen LogP contribution in [0.3, 0.4) is 0 Å². The third kappa shape index (κ3) is 1.59. The third-order valence-electron chi connectivity index (χ3n) is 1.39. The fraction of sp³-hybridized carbons (Fsp3) is 0.500. The molecule has 0 aliphatic heterocycles. The summed E-state index contributed by atoms with van der Waals surface area (Å²) in [6.45, 7) is 1.58. The molecule has 1 rings (SSSR count). The Morgan fingerprint density at radius 1 is 1.83 bits per heavy atom. The van der Waals surface area contributed by atoms with Crippen LogP contribution in [0.2, 0.25) is 0 Å². The molecule has 0 spiro atoms. The molecule has 1 heterocycles. The summed E-state index contributed by atoms with van der Waals surface area (Å²) in [6, 6.07) is 0. The number of nitrogens with zero attached hydrogens (tertiary/aromatic N) is 2. The van der Waals surface area contributed by atoms with Gasteiger partial charge in [0.05, 0.1) is 11.7 Å². The van der Waals surface area contributed by atoms with Gasteiger partial charge in [-0.15, -0.1) is 0 Å². The highest BCUT2D eigenvalue weighted by molar-refractivity contribution is 7.01. The number of carbonyl (C=O) groups excluding carboxylic acids is 1. The molecule has 0 aliphatic rings. The lowest BCUT2D eigenvalue weighted by molar-refractivity contribution is 0.0576. The minimum Gasteiger partial charge on any atom is -0.372 e. The van der Waals surface area contributed by atoms with Crippen LogP contribution in [0.1, 0.15) is 11.7 Å². The van der Waals surface area contributed by atoms with Crippen LogP contribution in [-0.4, -0.2) is 27.5 Å². The Morgan fingerprint density at radius 3 is 2.92 bits per heavy atom. The molecule has 0 amide bonds. The number of ether oxygens (including phenoxy) is 1. The molecule has 0 saturated carbocycles. The zero-order valence-corrected chi connectivity index (χ0v) is 7.50. The fourth-order valence-corrected chi connectivity index (χ4v) is 1.21.